The molecule has 0 unspecified atom stereocenters. The zero-order chi connectivity index (χ0) is 8.91. The van der Waals surface area contributed by atoms with Crippen LogP contribution >= 0.6 is 0 Å². The zero-order valence-electron chi connectivity index (χ0n) is 7.35. The smallest absolute Gasteiger partial charge is 0.434 e. The van der Waals surface area contributed by atoms with Gasteiger partial charge in [-0.15, -0.1) is 0 Å². The molecule has 0 saturated heterocycles. The highest BCUT2D eigenvalue weighted by Crippen LogP contribution is 2.12. The Morgan fingerprint density at radius 2 is 1.91 bits per heavy atom. The highest BCUT2D eigenvalue weighted by molar-refractivity contribution is 5.59. The van der Waals surface area contributed by atoms with Gasteiger partial charge in [0.05, 0.1) is 13.2 Å². The topological polar surface area (TPSA) is 35.5 Å². The van der Waals surface area contributed by atoms with Crippen molar-refractivity contribution in [2.45, 2.75) is 20.8 Å². The predicted molar refractivity (Wildman–Crippen MR) is 42.1 cm³/mol. The molecule has 3 nitrogen and oxygen atoms in total. The van der Waals surface area contributed by atoms with Crippen LogP contribution in [0.1, 0.15) is 20.8 Å². The molecule has 0 aromatic carbocycles. The minimum atomic E-state index is -0.644. The molecule has 0 saturated carbocycles. The Kier molecular flexibility index (Phi) is 3.93. The van der Waals surface area contributed by atoms with E-state index in [-0.39, 0.29) is 12.0 Å². The summed E-state index contributed by atoms with van der Waals surface area (Å²) >= 11 is 0. The summed E-state index contributed by atoms with van der Waals surface area (Å²) in [5, 5.41) is 0. The summed E-state index contributed by atoms with van der Waals surface area (Å²) in [6, 6.07) is 0. The summed E-state index contributed by atoms with van der Waals surface area (Å²) in [6.07, 6.45) is -0.644. The third kappa shape index (κ3) is 7.16. The number of hydrogen-bond donors (Lipinski definition) is 0. The second-order valence-corrected chi connectivity index (χ2v) is 3.45. The van der Waals surface area contributed by atoms with Crippen LogP contribution in [0.4, 0.5) is 4.79 Å². The molecule has 0 spiro atoms. The van der Waals surface area contributed by atoms with Gasteiger partial charge in [-0.3, -0.25) is 0 Å². The molecular formula is C8H15O3. The number of hydrogen-bond acceptors (Lipinski definition) is 3. The van der Waals surface area contributed by atoms with E-state index < -0.39 is 6.16 Å². The number of rotatable bonds is 2. The summed E-state index contributed by atoms with van der Waals surface area (Å²) < 4.78 is 9.21. The van der Waals surface area contributed by atoms with Crippen molar-refractivity contribution in [2.24, 2.45) is 5.41 Å². The van der Waals surface area contributed by atoms with Crippen molar-refractivity contribution < 1.29 is 14.3 Å². The van der Waals surface area contributed by atoms with Crippen LogP contribution in [0, 0.1) is 12.3 Å². The second kappa shape index (κ2) is 4.21. The highest BCUT2D eigenvalue weighted by atomic mass is 16.7. The van der Waals surface area contributed by atoms with Gasteiger partial charge in [0.25, 0.3) is 0 Å². The van der Waals surface area contributed by atoms with Gasteiger partial charge in [0, 0.05) is 0 Å². The summed E-state index contributed by atoms with van der Waals surface area (Å²) in [4.78, 5) is 10.6. The summed E-state index contributed by atoms with van der Waals surface area (Å²) in [5.74, 6) is 0. The molecule has 0 aromatic rings. The Morgan fingerprint density at radius 1 is 1.36 bits per heavy atom. The van der Waals surface area contributed by atoms with Crippen molar-refractivity contribution in [3.63, 3.8) is 0 Å². The van der Waals surface area contributed by atoms with Crippen LogP contribution in [-0.2, 0) is 9.47 Å². The highest BCUT2D eigenvalue weighted by Gasteiger charge is 2.13. The lowest BCUT2D eigenvalue weighted by molar-refractivity contribution is 0.0393. The predicted octanol–water partition coefficient (Wildman–Crippen LogP) is 2.02. The van der Waals surface area contributed by atoms with E-state index in [1.165, 1.54) is 0 Å². The average Bonchev–Trinajstić information content (AvgIpc) is 1.83. The van der Waals surface area contributed by atoms with Gasteiger partial charge < -0.3 is 9.47 Å². The van der Waals surface area contributed by atoms with E-state index >= 15 is 0 Å². The maximum Gasteiger partial charge on any atom is 0.508 e. The van der Waals surface area contributed by atoms with Crippen LogP contribution in [0.2, 0.25) is 0 Å². The first kappa shape index (κ1) is 10.3. The van der Waals surface area contributed by atoms with Gasteiger partial charge in [-0.05, 0) is 12.3 Å². The fourth-order valence-corrected chi connectivity index (χ4v) is 0.400. The minimum Gasteiger partial charge on any atom is -0.434 e. The van der Waals surface area contributed by atoms with Gasteiger partial charge in [0.15, 0.2) is 0 Å². The van der Waals surface area contributed by atoms with Crippen LogP contribution in [0.25, 0.3) is 0 Å². The summed E-state index contributed by atoms with van der Waals surface area (Å²) in [6.45, 7) is 9.76. The molecule has 0 rings (SSSR count). The van der Waals surface area contributed by atoms with Crippen LogP contribution in [0.5, 0.6) is 0 Å². The van der Waals surface area contributed by atoms with E-state index in [4.69, 9.17) is 4.74 Å². The van der Waals surface area contributed by atoms with E-state index in [0.29, 0.717) is 6.61 Å². The van der Waals surface area contributed by atoms with E-state index in [2.05, 4.69) is 11.7 Å². The molecule has 0 aromatic heterocycles. The molecule has 0 N–H and O–H groups in total. The number of carbonyl (C=O) groups excluding carboxylic acids is 1. The first-order valence-corrected chi connectivity index (χ1v) is 3.54. The average molecular weight is 159 g/mol. The van der Waals surface area contributed by atoms with E-state index in [9.17, 15) is 4.79 Å². The van der Waals surface area contributed by atoms with Gasteiger partial charge in [-0.25, -0.2) is 4.79 Å². The van der Waals surface area contributed by atoms with Gasteiger partial charge in [0.1, 0.15) is 0 Å². The van der Waals surface area contributed by atoms with Crippen molar-refractivity contribution >= 4 is 6.16 Å². The monoisotopic (exact) mass is 159 g/mol. The molecule has 0 bridgehead atoms. The molecule has 3 heteroatoms. The van der Waals surface area contributed by atoms with Crippen molar-refractivity contribution in [3.8, 4) is 0 Å². The normalized spacial score (nSPS) is 10.9. The third-order valence-electron chi connectivity index (χ3n) is 0.843. The summed E-state index contributed by atoms with van der Waals surface area (Å²) in [7, 11) is 0. The first-order valence-electron chi connectivity index (χ1n) is 3.54. The minimum absolute atomic E-state index is 0.0137. The van der Waals surface area contributed by atoms with E-state index in [0.717, 1.165) is 0 Å². The fraction of sp³-hybridized carbons (Fsp3) is 0.750. The molecule has 0 aliphatic carbocycles. The lowest BCUT2D eigenvalue weighted by atomic mass is 9.99. The Morgan fingerprint density at radius 3 is 2.27 bits per heavy atom. The van der Waals surface area contributed by atoms with Gasteiger partial charge >= 0.3 is 6.16 Å². The maximum absolute atomic E-state index is 10.6. The molecule has 0 heterocycles. The molecule has 11 heavy (non-hydrogen) atoms. The zero-order valence-corrected chi connectivity index (χ0v) is 7.35. The Hall–Kier alpha value is -0.730. The Balaban J connectivity index is 3.46. The van der Waals surface area contributed by atoms with Crippen LogP contribution in [-0.4, -0.2) is 19.4 Å². The lowest BCUT2D eigenvalue weighted by Gasteiger charge is -2.16. The lowest BCUT2D eigenvalue weighted by Crippen LogP contribution is -2.18. The third-order valence-corrected chi connectivity index (χ3v) is 0.843. The molecule has 0 amide bonds. The fourth-order valence-electron chi connectivity index (χ4n) is 0.400. The molecule has 0 aliphatic heterocycles. The second-order valence-electron chi connectivity index (χ2n) is 3.45. The quantitative estimate of drug-likeness (QED) is 0.578. The van der Waals surface area contributed by atoms with Crippen LogP contribution in [0.3, 0.4) is 0 Å². The standard InChI is InChI=1S/C8H15O3/c1-5-10-7(9)11-6-8(2,3)4/h1,5-6H2,2-4H3. The van der Waals surface area contributed by atoms with E-state index in [1.54, 1.807) is 0 Å². The first-order chi connectivity index (χ1) is 4.95. The van der Waals surface area contributed by atoms with Crippen LogP contribution < -0.4 is 0 Å². The molecule has 1 radical (unpaired) electrons. The van der Waals surface area contributed by atoms with Crippen molar-refractivity contribution in [2.75, 3.05) is 13.2 Å². The van der Waals surface area contributed by atoms with Crippen molar-refractivity contribution in [1.29, 1.82) is 0 Å². The van der Waals surface area contributed by atoms with Gasteiger partial charge in [0.2, 0.25) is 0 Å². The van der Waals surface area contributed by atoms with E-state index in [1.807, 2.05) is 20.8 Å². The van der Waals surface area contributed by atoms with Gasteiger partial charge in [-0.1, -0.05) is 20.8 Å². The Labute approximate surface area is 67.7 Å². The molecule has 0 fully saturated rings. The molecule has 0 aliphatic rings. The maximum atomic E-state index is 10.6. The molecular weight excluding hydrogens is 144 g/mol. The molecule has 0 atom stereocenters. The largest absolute Gasteiger partial charge is 0.508 e. The summed E-state index contributed by atoms with van der Waals surface area (Å²) in [5.41, 5.74) is -0.0137. The van der Waals surface area contributed by atoms with Gasteiger partial charge in [-0.2, -0.15) is 0 Å². The SMILES string of the molecule is [CH2]COC(=O)OCC(C)(C)C. The number of ether oxygens (including phenoxy) is 2. The van der Waals surface area contributed by atoms with Crippen molar-refractivity contribution in [1.82, 2.24) is 0 Å². The van der Waals surface area contributed by atoms with Crippen molar-refractivity contribution in [3.05, 3.63) is 6.92 Å². The van der Waals surface area contributed by atoms with Crippen LogP contribution in [0.15, 0.2) is 0 Å². The molecule has 65 valence electrons. The Bertz CT molecular complexity index is 124. The number of carbonyl (C=O) groups is 1.